The van der Waals surface area contributed by atoms with Gasteiger partial charge in [0.05, 0.1) is 0 Å². The average Bonchev–Trinajstić information content (AvgIpc) is 2.12. The number of oxazole rings is 1. The van der Waals surface area contributed by atoms with E-state index in [9.17, 15) is 4.79 Å². The lowest BCUT2D eigenvalue weighted by atomic mass is 10.8. The summed E-state index contributed by atoms with van der Waals surface area (Å²) in [5, 5.41) is 8.73. The third-order valence-electron chi connectivity index (χ3n) is 0.891. The van der Waals surface area contributed by atoms with Crippen LogP contribution in [0.3, 0.4) is 0 Å². The lowest BCUT2D eigenvalue weighted by Gasteiger charge is -1.85. The van der Waals surface area contributed by atoms with Crippen molar-refractivity contribution in [1.29, 1.82) is 0 Å². The largest absolute Gasteiger partial charge is 0.492 e. The van der Waals surface area contributed by atoms with Gasteiger partial charge in [-0.25, -0.2) is 9.36 Å². The van der Waals surface area contributed by atoms with Crippen LogP contribution in [0.2, 0.25) is 0 Å². The summed E-state index contributed by atoms with van der Waals surface area (Å²) in [4.78, 5) is 10.4. The first-order chi connectivity index (χ1) is 4.25. The molecule has 4 heteroatoms. The fourth-order valence-corrected chi connectivity index (χ4v) is 0.478. The van der Waals surface area contributed by atoms with Crippen LogP contribution >= 0.6 is 0 Å². The summed E-state index contributed by atoms with van der Waals surface area (Å²) in [5.74, 6) is -0.877. The van der Waals surface area contributed by atoms with Gasteiger partial charge in [0.15, 0.2) is 6.26 Å². The third-order valence-corrected chi connectivity index (χ3v) is 0.891. The highest BCUT2D eigenvalue weighted by molar-refractivity contribution is 5.22. The van der Waals surface area contributed by atoms with Gasteiger partial charge in [-0.1, -0.05) is 6.58 Å². The molecule has 0 aliphatic heterocycles. The second-order valence-corrected chi connectivity index (χ2v) is 1.41. The highest BCUT2D eigenvalue weighted by Gasteiger charge is 1.99. The molecule has 1 rings (SSSR count). The van der Waals surface area contributed by atoms with Crippen LogP contribution in [0.4, 0.5) is 0 Å². The molecule has 0 spiro atoms. The Morgan fingerprint density at radius 3 is 2.78 bits per heavy atom. The minimum atomic E-state index is -0.637. The molecule has 1 aromatic rings. The predicted octanol–water partition coefficient (Wildman–Crippen LogP) is 0.247. The second kappa shape index (κ2) is 1.81. The number of aromatic hydroxyl groups is 1. The molecule has 1 aromatic heterocycles. The van der Waals surface area contributed by atoms with E-state index in [1.165, 1.54) is 6.20 Å². The summed E-state index contributed by atoms with van der Waals surface area (Å²) < 4.78 is 5.16. The van der Waals surface area contributed by atoms with Crippen molar-refractivity contribution in [3.8, 4) is 5.88 Å². The van der Waals surface area contributed by atoms with Crippen LogP contribution in [0.25, 0.3) is 6.20 Å². The summed E-state index contributed by atoms with van der Waals surface area (Å²) >= 11 is 0. The number of aromatic nitrogens is 1. The summed E-state index contributed by atoms with van der Waals surface area (Å²) in [5.41, 5.74) is 0. The molecule has 0 unspecified atom stereocenters. The Balaban J connectivity index is 3.40. The maximum absolute atomic E-state index is 10.4. The molecule has 0 aliphatic carbocycles. The predicted molar refractivity (Wildman–Crippen MR) is 31.0 cm³/mol. The fourth-order valence-electron chi connectivity index (χ4n) is 0.478. The zero-order chi connectivity index (χ0) is 6.85. The fraction of sp³-hybridized carbons (Fsp3) is 0. The molecule has 48 valence electrons. The van der Waals surface area contributed by atoms with Gasteiger partial charge in [-0.05, 0) is 0 Å². The average molecular weight is 127 g/mol. The van der Waals surface area contributed by atoms with Gasteiger partial charge in [-0.15, -0.1) is 0 Å². The van der Waals surface area contributed by atoms with Gasteiger partial charge in [0.25, 0.3) is 0 Å². The van der Waals surface area contributed by atoms with E-state index in [1.807, 2.05) is 0 Å². The van der Waals surface area contributed by atoms with Crippen LogP contribution in [0.15, 0.2) is 22.1 Å². The molecule has 0 fully saturated rings. The van der Waals surface area contributed by atoms with Crippen LogP contribution in [0.5, 0.6) is 5.88 Å². The summed E-state index contributed by atoms with van der Waals surface area (Å²) in [6.45, 7) is 3.27. The van der Waals surface area contributed by atoms with Gasteiger partial charge < -0.3 is 9.52 Å². The van der Waals surface area contributed by atoms with Crippen molar-refractivity contribution >= 4 is 6.20 Å². The first-order valence-corrected chi connectivity index (χ1v) is 2.27. The number of nitrogens with zero attached hydrogens (tertiary/aromatic N) is 1. The highest BCUT2D eigenvalue weighted by Crippen LogP contribution is 2.02. The van der Waals surface area contributed by atoms with Crippen molar-refractivity contribution < 1.29 is 9.52 Å². The topological polar surface area (TPSA) is 55.4 Å². The molecule has 9 heavy (non-hydrogen) atoms. The van der Waals surface area contributed by atoms with Crippen molar-refractivity contribution in [3.63, 3.8) is 0 Å². The van der Waals surface area contributed by atoms with E-state index in [1.54, 1.807) is 0 Å². The summed E-state index contributed by atoms with van der Waals surface area (Å²) in [6.07, 6.45) is 2.12. The van der Waals surface area contributed by atoms with Crippen LogP contribution in [-0.4, -0.2) is 9.67 Å². The first-order valence-electron chi connectivity index (χ1n) is 2.27. The van der Waals surface area contributed by atoms with E-state index in [-0.39, 0.29) is 5.88 Å². The second-order valence-electron chi connectivity index (χ2n) is 1.41. The Morgan fingerprint density at radius 1 is 1.89 bits per heavy atom. The zero-order valence-electron chi connectivity index (χ0n) is 4.57. The molecule has 1 heterocycles. The Labute approximate surface area is 50.7 Å². The molecule has 0 aliphatic rings. The van der Waals surface area contributed by atoms with Crippen molar-refractivity contribution in [1.82, 2.24) is 4.57 Å². The van der Waals surface area contributed by atoms with Crippen molar-refractivity contribution in [2.45, 2.75) is 0 Å². The summed E-state index contributed by atoms with van der Waals surface area (Å²) in [7, 11) is 0. The van der Waals surface area contributed by atoms with Crippen molar-refractivity contribution in [3.05, 3.63) is 23.4 Å². The minimum Gasteiger partial charge on any atom is -0.492 e. The Kier molecular flexibility index (Phi) is 1.14. The molecule has 4 nitrogen and oxygen atoms in total. The molecular formula is C5H5NO3. The molecule has 0 atom stereocenters. The Morgan fingerprint density at radius 2 is 2.56 bits per heavy atom. The van der Waals surface area contributed by atoms with Crippen molar-refractivity contribution in [2.75, 3.05) is 0 Å². The molecule has 0 radical (unpaired) electrons. The van der Waals surface area contributed by atoms with E-state index < -0.39 is 5.76 Å². The van der Waals surface area contributed by atoms with Crippen LogP contribution < -0.4 is 5.76 Å². The third kappa shape index (κ3) is 0.739. The number of rotatable bonds is 1. The first kappa shape index (κ1) is 5.68. The lowest BCUT2D eigenvalue weighted by Crippen LogP contribution is -2.06. The van der Waals surface area contributed by atoms with Gasteiger partial charge in [-0.2, -0.15) is 0 Å². The van der Waals surface area contributed by atoms with Crippen LogP contribution in [0, 0.1) is 0 Å². The SMILES string of the molecule is C=Cn1c(O)coc1=O. The smallest absolute Gasteiger partial charge is 0.425 e. The molecule has 0 bridgehead atoms. The van der Waals surface area contributed by atoms with E-state index >= 15 is 0 Å². The zero-order valence-corrected chi connectivity index (χ0v) is 4.57. The number of hydrogen-bond acceptors (Lipinski definition) is 3. The van der Waals surface area contributed by atoms with Gasteiger partial charge >= 0.3 is 5.76 Å². The maximum atomic E-state index is 10.4. The van der Waals surface area contributed by atoms with Crippen LogP contribution in [0.1, 0.15) is 0 Å². The van der Waals surface area contributed by atoms with Gasteiger partial charge in [0.2, 0.25) is 5.88 Å². The molecule has 0 aromatic carbocycles. The van der Waals surface area contributed by atoms with E-state index in [0.29, 0.717) is 0 Å². The molecular weight excluding hydrogens is 122 g/mol. The molecule has 0 saturated heterocycles. The highest BCUT2D eigenvalue weighted by atomic mass is 16.4. The minimum absolute atomic E-state index is 0.241. The summed E-state index contributed by atoms with van der Waals surface area (Å²) in [6, 6.07) is 0. The monoisotopic (exact) mass is 127 g/mol. The normalized spacial score (nSPS) is 9.33. The molecule has 0 amide bonds. The van der Waals surface area contributed by atoms with Crippen LogP contribution in [-0.2, 0) is 0 Å². The molecule has 1 N–H and O–H groups in total. The van der Waals surface area contributed by atoms with E-state index in [2.05, 4.69) is 11.0 Å². The lowest BCUT2D eigenvalue weighted by molar-refractivity contribution is 0.441. The van der Waals surface area contributed by atoms with E-state index in [4.69, 9.17) is 5.11 Å². The van der Waals surface area contributed by atoms with Gasteiger partial charge in [0.1, 0.15) is 0 Å². The number of hydrogen-bond donors (Lipinski definition) is 1. The standard InChI is InChI=1S/C5H5NO3/c1-2-6-4(7)3-9-5(6)8/h2-3,7H,1H2. The van der Waals surface area contributed by atoms with E-state index in [0.717, 1.165) is 10.8 Å². The van der Waals surface area contributed by atoms with Gasteiger partial charge in [-0.3, -0.25) is 0 Å². The Bertz CT molecular complexity index is 270. The van der Waals surface area contributed by atoms with Crippen molar-refractivity contribution in [2.24, 2.45) is 0 Å². The molecule has 0 saturated carbocycles. The Hall–Kier alpha value is -1.45. The quantitative estimate of drug-likeness (QED) is 0.588. The van der Waals surface area contributed by atoms with Gasteiger partial charge in [0, 0.05) is 6.20 Å². The maximum Gasteiger partial charge on any atom is 0.425 e.